The van der Waals surface area contributed by atoms with Crippen LogP contribution in [0.15, 0.2) is 30.5 Å². The van der Waals surface area contributed by atoms with Gasteiger partial charge in [-0.05, 0) is 43.4 Å². The maximum Gasteiger partial charge on any atom is 0.325 e. The molecule has 2 aromatic rings. The van der Waals surface area contributed by atoms with Gasteiger partial charge in [0.05, 0.1) is 12.5 Å². The van der Waals surface area contributed by atoms with E-state index in [1.165, 1.54) is 18.7 Å². The van der Waals surface area contributed by atoms with Gasteiger partial charge in [-0.3, -0.25) is 24.0 Å². The van der Waals surface area contributed by atoms with E-state index >= 15 is 0 Å². The van der Waals surface area contributed by atoms with Crippen LogP contribution in [-0.2, 0) is 30.4 Å². The van der Waals surface area contributed by atoms with Gasteiger partial charge in [0.15, 0.2) is 0 Å². The third-order valence-electron chi connectivity index (χ3n) is 5.44. The number of thioether (sulfide) groups is 1. The quantitative estimate of drug-likeness (QED) is 0.176. The fourth-order valence-corrected chi connectivity index (χ4v) is 3.92. The molecule has 8 N–H and O–H groups in total. The van der Waals surface area contributed by atoms with E-state index in [1.807, 2.05) is 24.3 Å². The molecule has 0 bridgehead atoms. The summed E-state index contributed by atoms with van der Waals surface area (Å²) in [5.74, 6) is -4.49. The van der Waals surface area contributed by atoms with Crippen LogP contribution in [0.3, 0.4) is 0 Å². The van der Waals surface area contributed by atoms with E-state index < -0.39 is 60.2 Å². The third kappa shape index (κ3) is 8.27. The molecule has 1 aromatic heterocycles. The van der Waals surface area contributed by atoms with Crippen LogP contribution in [0, 0.1) is 0 Å². The Kier molecular flexibility index (Phi) is 10.7. The van der Waals surface area contributed by atoms with E-state index in [4.69, 9.17) is 10.8 Å². The van der Waals surface area contributed by atoms with Crippen molar-refractivity contribution in [3.63, 3.8) is 0 Å². The summed E-state index contributed by atoms with van der Waals surface area (Å²) in [6.07, 6.45) is 3.09. The van der Waals surface area contributed by atoms with Gasteiger partial charge in [0, 0.05) is 17.1 Å². The second kappa shape index (κ2) is 13.5. The number of carbonyl (C=O) groups is 5. The molecule has 0 aliphatic heterocycles. The molecule has 4 unspecified atom stereocenters. The number of nitrogens with one attached hydrogen (secondary N) is 4. The molecule has 12 nitrogen and oxygen atoms in total. The average Bonchev–Trinajstić information content (AvgIpc) is 3.23. The number of nitrogens with two attached hydrogens (primary N) is 1. The molecule has 0 spiro atoms. The Balaban J connectivity index is 2.10. The Morgan fingerprint density at radius 2 is 1.64 bits per heavy atom. The van der Waals surface area contributed by atoms with Crippen LogP contribution in [-0.4, -0.2) is 81.0 Å². The summed E-state index contributed by atoms with van der Waals surface area (Å²) >= 11 is 1.40. The number of carbonyl (C=O) groups excluding carboxylic acids is 3. The van der Waals surface area contributed by atoms with Crippen LogP contribution < -0.4 is 21.7 Å². The molecule has 13 heteroatoms. The number of rotatable bonds is 14. The Morgan fingerprint density at radius 1 is 1.00 bits per heavy atom. The van der Waals surface area contributed by atoms with E-state index in [2.05, 4.69) is 20.9 Å². The number of aromatic nitrogens is 1. The number of para-hydroxylation sites is 1. The minimum absolute atomic E-state index is 0.142. The molecule has 36 heavy (non-hydrogen) atoms. The summed E-state index contributed by atoms with van der Waals surface area (Å²) in [5.41, 5.74) is 7.71. The molecule has 1 heterocycles. The van der Waals surface area contributed by atoms with Crippen molar-refractivity contribution in [3.05, 3.63) is 36.0 Å². The molecule has 0 aliphatic carbocycles. The van der Waals surface area contributed by atoms with E-state index in [0.29, 0.717) is 5.75 Å². The van der Waals surface area contributed by atoms with Crippen LogP contribution in [0.2, 0.25) is 0 Å². The molecule has 0 saturated heterocycles. The molecule has 2 rings (SSSR count). The molecule has 3 amide bonds. The Bertz CT molecular complexity index is 1110. The smallest absolute Gasteiger partial charge is 0.325 e. The van der Waals surface area contributed by atoms with Gasteiger partial charge >= 0.3 is 11.9 Å². The predicted molar refractivity (Wildman–Crippen MR) is 134 cm³/mol. The predicted octanol–water partition coefficient (Wildman–Crippen LogP) is -0.176. The molecular weight excluding hydrogens is 490 g/mol. The van der Waals surface area contributed by atoms with Gasteiger partial charge in [0.25, 0.3) is 0 Å². The van der Waals surface area contributed by atoms with Crippen LogP contribution in [0.25, 0.3) is 10.9 Å². The van der Waals surface area contributed by atoms with Crippen molar-refractivity contribution in [2.45, 2.75) is 50.4 Å². The van der Waals surface area contributed by atoms with Gasteiger partial charge in [-0.2, -0.15) is 11.8 Å². The topological polar surface area (TPSA) is 204 Å². The molecular formula is C23H31N5O7S. The number of carboxylic acids is 2. The van der Waals surface area contributed by atoms with E-state index in [0.717, 1.165) is 16.5 Å². The highest BCUT2D eigenvalue weighted by atomic mass is 32.2. The highest BCUT2D eigenvalue weighted by molar-refractivity contribution is 7.98. The molecule has 196 valence electrons. The van der Waals surface area contributed by atoms with Crippen LogP contribution in [0.1, 0.15) is 25.3 Å². The maximum absolute atomic E-state index is 12.9. The monoisotopic (exact) mass is 521 g/mol. The lowest BCUT2D eigenvalue weighted by Crippen LogP contribution is -2.57. The first-order valence-corrected chi connectivity index (χ1v) is 12.6. The van der Waals surface area contributed by atoms with Gasteiger partial charge in [-0.25, -0.2) is 0 Å². The number of aliphatic carboxylic acids is 2. The van der Waals surface area contributed by atoms with Crippen LogP contribution in [0.5, 0.6) is 0 Å². The van der Waals surface area contributed by atoms with Crippen molar-refractivity contribution in [2.24, 2.45) is 5.73 Å². The van der Waals surface area contributed by atoms with Crippen molar-refractivity contribution < 1.29 is 34.2 Å². The summed E-state index contributed by atoms with van der Waals surface area (Å²) in [6.45, 7) is 1.27. The number of aromatic amines is 1. The standard InChI is InChI=1S/C23H31N5O7S/c1-12(23(34)35)26-21(32)17(7-8-36-2)27-22(33)18(10-19(29)30)28-20(31)15(24)9-13-11-25-16-6-4-3-5-14(13)16/h3-6,11-12,15,17-18,25H,7-10,24H2,1-2H3,(H,26,32)(H,27,33)(H,28,31)(H,29,30)(H,34,35). The van der Waals surface area contributed by atoms with Crippen molar-refractivity contribution in [2.75, 3.05) is 12.0 Å². The first kappa shape index (κ1) is 28.7. The second-order valence-corrected chi connectivity index (χ2v) is 9.23. The summed E-state index contributed by atoms with van der Waals surface area (Å²) in [7, 11) is 0. The first-order chi connectivity index (χ1) is 17.0. The third-order valence-corrected chi connectivity index (χ3v) is 6.08. The molecule has 0 saturated carbocycles. The summed E-state index contributed by atoms with van der Waals surface area (Å²) < 4.78 is 0. The zero-order valence-electron chi connectivity index (χ0n) is 19.9. The molecule has 0 fully saturated rings. The van der Waals surface area contributed by atoms with Gasteiger partial charge in [0.2, 0.25) is 17.7 Å². The molecule has 0 aliphatic rings. The van der Waals surface area contributed by atoms with E-state index in [1.54, 1.807) is 12.5 Å². The minimum atomic E-state index is -1.49. The summed E-state index contributed by atoms with van der Waals surface area (Å²) in [6, 6.07) is 2.57. The number of carboxylic acid groups (broad SMARTS) is 2. The lowest BCUT2D eigenvalue weighted by Gasteiger charge is -2.24. The lowest BCUT2D eigenvalue weighted by atomic mass is 10.0. The number of amides is 3. The fraction of sp³-hybridized carbons (Fsp3) is 0.435. The minimum Gasteiger partial charge on any atom is -0.481 e. The van der Waals surface area contributed by atoms with E-state index in [-0.39, 0.29) is 12.8 Å². The number of fused-ring (bicyclic) bond motifs is 1. The van der Waals surface area contributed by atoms with Crippen LogP contribution in [0.4, 0.5) is 0 Å². The second-order valence-electron chi connectivity index (χ2n) is 8.24. The van der Waals surface area contributed by atoms with Crippen molar-refractivity contribution in [1.29, 1.82) is 0 Å². The zero-order chi connectivity index (χ0) is 26.8. The number of hydrogen-bond acceptors (Lipinski definition) is 7. The normalized spacial score (nSPS) is 14.3. The SMILES string of the molecule is CSCCC(NC(=O)C(CC(=O)O)NC(=O)C(N)Cc1c[nH]c2ccccc12)C(=O)NC(C)C(=O)O. The van der Waals surface area contributed by atoms with Crippen LogP contribution >= 0.6 is 11.8 Å². The largest absolute Gasteiger partial charge is 0.481 e. The Labute approximate surface area is 211 Å². The van der Waals surface area contributed by atoms with Crippen molar-refractivity contribution in [1.82, 2.24) is 20.9 Å². The fourth-order valence-electron chi connectivity index (χ4n) is 3.45. The van der Waals surface area contributed by atoms with Gasteiger partial charge in [-0.15, -0.1) is 0 Å². The maximum atomic E-state index is 12.9. The van der Waals surface area contributed by atoms with Crippen molar-refractivity contribution in [3.8, 4) is 0 Å². The summed E-state index contributed by atoms with van der Waals surface area (Å²) in [5, 5.41) is 26.3. The Morgan fingerprint density at radius 3 is 2.28 bits per heavy atom. The molecule has 4 atom stereocenters. The highest BCUT2D eigenvalue weighted by Gasteiger charge is 2.30. The lowest BCUT2D eigenvalue weighted by molar-refractivity contribution is -0.143. The van der Waals surface area contributed by atoms with Gasteiger partial charge in [0.1, 0.15) is 18.1 Å². The van der Waals surface area contributed by atoms with Gasteiger partial charge in [-0.1, -0.05) is 18.2 Å². The zero-order valence-corrected chi connectivity index (χ0v) is 20.8. The average molecular weight is 522 g/mol. The first-order valence-electron chi connectivity index (χ1n) is 11.2. The number of H-pyrrole nitrogens is 1. The number of hydrogen-bond donors (Lipinski definition) is 7. The number of benzene rings is 1. The van der Waals surface area contributed by atoms with Crippen molar-refractivity contribution >= 4 is 52.3 Å². The molecule has 0 radical (unpaired) electrons. The van der Waals surface area contributed by atoms with E-state index in [9.17, 15) is 29.1 Å². The molecule has 1 aromatic carbocycles. The Hall–Kier alpha value is -3.58. The highest BCUT2D eigenvalue weighted by Crippen LogP contribution is 2.18. The van der Waals surface area contributed by atoms with Gasteiger partial charge < -0.3 is 36.9 Å². The summed E-state index contributed by atoms with van der Waals surface area (Å²) in [4.78, 5) is 63.7.